The fraction of sp³-hybridized carbons (Fsp3) is 0.857. The molecule has 2 heterocycles. The summed E-state index contributed by atoms with van der Waals surface area (Å²) in [6, 6.07) is 0.0730. The van der Waals surface area contributed by atoms with Crippen LogP contribution in [0.5, 0.6) is 0 Å². The van der Waals surface area contributed by atoms with E-state index >= 15 is 0 Å². The van der Waals surface area contributed by atoms with Gasteiger partial charge in [0.15, 0.2) is 0 Å². The lowest BCUT2D eigenvalue weighted by molar-refractivity contribution is -0.152. The van der Waals surface area contributed by atoms with E-state index in [1.807, 2.05) is 16.7 Å². The maximum absolute atomic E-state index is 12.5. The number of urea groups is 1. The van der Waals surface area contributed by atoms with Gasteiger partial charge in [0.2, 0.25) is 0 Å². The largest absolute Gasteiger partial charge is 0.481 e. The summed E-state index contributed by atoms with van der Waals surface area (Å²) in [5.41, 5.74) is -0.628. The second kappa shape index (κ2) is 6.43. The lowest BCUT2D eigenvalue weighted by atomic mass is 9.76. The van der Waals surface area contributed by atoms with E-state index in [-0.39, 0.29) is 6.03 Å². The molecule has 2 saturated heterocycles. The molecule has 2 amide bonds. The van der Waals surface area contributed by atoms with Crippen molar-refractivity contribution in [3.8, 4) is 0 Å². The van der Waals surface area contributed by atoms with Gasteiger partial charge in [-0.05, 0) is 32.2 Å². The highest BCUT2D eigenvalue weighted by atomic mass is 16.4. The molecule has 2 rings (SSSR count). The zero-order valence-electron chi connectivity index (χ0n) is 12.2. The van der Waals surface area contributed by atoms with Crippen molar-refractivity contribution in [2.45, 2.75) is 32.6 Å². The number of nitrogens with zero attached hydrogens (tertiary/aromatic N) is 2. The highest BCUT2D eigenvalue weighted by Gasteiger charge is 2.41. The monoisotopic (exact) mass is 283 g/mol. The molecule has 2 aliphatic rings. The second-order valence-corrected chi connectivity index (χ2v) is 5.80. The van der Waals surface area contributed by atoms with Gasteiger partial charge >= 0.3 is 12.0 Å². The minimum Gasteiger partial charge on any atom is -0.481 e. The van der Waals surface area contributed by atoms with Crippen LogP contribution in [0.15, 0.2) is 0 Å². The van der Waals surface area contributed by atoms with Crippen molar-refractivity contribution in [3.05, 3.63) is 0 Å². The smallest absolute Gasteiger partial charge is 0.320 e. The molecule has 114 valence electrons. The fourth-order valence-electron chi connectivity index (χ4n) is 3.08. The van der Waals surface area contributed by atoms with E-state index in [2.05, 4.69) is 5.32 Å². The predicted octanol–water partition coefficient (Wildman–Crippen LogP) is 0.979. The molecule has 6 nitrogen and oxygen atoms in total. The van der Waals surface area contributed by atoms with Crippen molar-refractivity contribution in [2.24, 2.45) is 5.41 Å². The molecule has 6 heteroatoms. The van der Waals surface area contributed by atoms with E-state index < -0.39 is 11.4 Å². The van der Waals surface area contributed by atoms with Crippen LogP contribution in [-0.2, 0) is 4.79 Å². The van der Waals surface area contributed by atoms with Crippen molar-refractivity contribution in [1.29, 1.82) is 0 Å². The highest BCUT2D eigenvalue weighted by Crippen LogP contribution is 2.35. The summed E-state index contributed by atoms with van der Waals surface area (Å²) in [5.74, 6) is -0.717. The maximum atomic E-state index is 12.5. The Labute approximate surface area is 120 Å². The molecule has 0 aliphatic carbocycles. The van der Waals surface area contributed by atoms with E-state index in [0.29, 0.717) is 32.4 Å². The van der Waals surface area contributed by atoms with Crippen LogP contribution < -0.4 is 5.32 Å². The standard InChI is InChI=1S/C14H25N3O3/c1-2-14(12(18)19)4-9-17(10-5-14)13(20)16-8-3-6-15-7-11-16/h15H,2-11H2,1H3,(H,18,19). The van der Waals surface area contributed by atoms with Crippen LogP contribution in [-0.4, -0.2) is 66.2 Å². The summed E-state index contributed by atoms with van der Waals surface area (Å²) < 4.78 is 0. The Morgan fingerprint density at radius 2 is 1.75 bits per heavy atom. The Morgan fingerprint density at radius 1 is 1.10 bits per heavy atom. The normalized spacial score (nSPS) is 23.2. The average Bonchev–Trinajstić information content (AvgIpc) is 2.75. The number of aliphatic carboxylic acids is 1. The van der Waals surface area contributed by atoms with Gasteiger partial charge in [-0.15, -0.1) is 0 Å². The maximum Gasteiger partial charge on any atom is 0.320 e. The number of carbonyl (C=O) groups is 2. The summed E-state index contributed by atoms with van der Waals surface area (Å²) in [6.07, 6.45) is 2.75. The fourth-order valence-corrected chi connectivity index (χ4v) is 3.08. The number of piperidine rings is 1. The van der Waals surface area contributed by atoms with Gasteiger partial charge in [-0.1, -0.05) is 6.92 Å². The third kappa shape index (κ3) is 3.06. The van der Waals surface area contributed by atoms with Gasteiger partial charge < -0.3 is 20.2 Å². The highest BCUT2D eigenvalue weighted by molar-refractivity contribution is 5.77. The molecule has 0 bridgehead atoms. The number of carboxylic acid groups (broad SMARTS) is 1. The molecule has 2 aliphatic heterocycles. The van der Waals surface area contributed by atoms with E-state index in [1.54, 1.807) is 0 Å². The predicted molar refractivity (Wildman–Crippen MR) is 75.6 cm³/mol. The van der Waals surface area contributed by atoms with Crippen LogP contribution in [0.1, 0.15) is 32.6 Å². The molecular weight excluding hydrogens is 258 g/mol. The molecular formula is C14H25N3O3. The molecule has 0 spiro atoms. The minimum absolute atomic E-state index is 0.0730. The van der Waals surface area contributed by atoms with Crippen LogP contribution >= 0.6 is 0 Å². The van der Waals surface area contributed by atoms with Crippen molar-refractivity contribution in [2.75, 3.05) is 39.3 Å². The van der Waals surface area contributed by atoms with Gasteiger partial charge in [-0.2, -0.15) is 0 Å². The summed E-state index contributed by atoms with van der Waals surface area (Å²) in [5, 5.41) is 12.7. The molecule has 20 heavy (non-hydrogen) atoms. The molecule has 2 fully saturated rings. The van der Waals surface area contributed by atoms with Gasteiger partial charge in [-0.25, -0.2) is 4.79 Å². The van der Waals surface area contributed by atoms with Crippen LogP contribution in [0.3, 0.4) is 0 Å². The molecule has 0 aromatic carbocycles. The van der Waals surface area contributed by atoms with Crippen molar-refractivity contribution in [3.63, 3.8) is 0 Å². The minimum atomic E-state index is -0.717. The number of nitrogens with one attached hydrogen (secondary N) is 1. The number of hydrogen-bond donors (Lipinski definition) is 2. The van der Waals surface area contributed by atoms with Crippen LogP contribution in [0.25, 0.3) is 0 Å². The number of carboxylic acids is 1. The Balaban J connectivity index is 1.92. The van der Waals surface area contributed by atoms with E-state index in [4.69, 9.17) is 0 Å². The van der Waals surface area contributed by atoms with Crippen LogP contribution in [0, 0.1) is 5.41 Å². The molecule has 0 radical (unpaired) electrons. The van der Waals surface area contributed by atoms with E-state index in [0.717, 1.165) is 32.6 Å². The topological polar surface area (TPSA) is 72.9 Å². The quantitative estimate of drug-likeness (QED) is 0.792. The molecule has 0 saturated carbocycles. The van der Waals surface area contributed by atoms with Gasteiger partial charge in [0.1, 0.15) is 0 Å². The Bertz CT molecular complexity index is 357. The van der Waals surface area contributed by atoms with Crippen molar-refractivity contribution in [1.82, 2.24) is 15.1 Å². The molecule has 0 aromatic heterocycles. The van der Waals surface area contributed by atoms with E-state index in [9.17, 15) is 14.7 Å². The molecule has 0 atom stereocenters. The summed E-state index contributed by atoms with van der Waals surface area (Å²) in [6.45, 7) is 6.38. The Hall–Kier alpha value is -1.30. The Morgan fingerprint density at radius 3 is 2.35 bits per heavy atom. The number of amides is 2. The first kappa shape index (κ1) is 15.1. The Kier molecular flexibility index (Phi) is 4.86. The lowest BCUT2D eigenvalue weighted by Gasteiger charge is -2.40. The van der Waals surface area contributed by atoms with Gasteiger partial charge in [-0.3, -0.25) is 4.79 Å². The van der Waals surface area contributed by atoms with Crippen LogP contribution in [0.2, 0.25) is 0 Å². The lowest BCUT2D eigenvalue weighted by Crippen LogP contribution is -2.51. The average molecular weight is 283 g/mol. The summed E-state index contributed by atoms with van der Waals surface area (Å²) >= 11 is 0. The molecule has 0 aromatic rings. The third-order valence-corrected chi connectivity index (χ3v) is 4.73. The van der Waals surface area contributed by atoms with Gasteiger partial charge in [0.25, 0.3) is 0 Å². The van der Waals surface area contributed by atoms with Crippen molar-refractivity contribution >= 4 is 12.0 Å². The summed E-state index contributed by atoms with van der Waals surface area (Å²) in [4.78, 5) is 27.6. The number of carbonyl (C=O) groups excluding carboxylic acids is 1. The number of hydrogen-bond acceptors (Lipinski definition) is 3. The molecule has 2 N–H and O–H groups in total. The number of likely N-dealkylation sites (tertiary alicyclic amines) is 1. The first-order valence-corrected chi connectivity index (χ1v) is 7.57. The van der Waals surface area contributed by atoms with Crippen LogP contribution in [0.4, 0.5) is 4.79 Å². The summed E-state index contributed by atoms with van der Waals surface area (Å²) in [7, 11) is 0. The zero-order valence-corrected chi connectivity index (χ0v) is 12.2. The van der Waals surface area contributed by atoms with Crippen molar-refractivity contribution < 1.29 is 14.7 Å². The number of rotatable bonds is 2. The second-order valence-electron chi connectivity index (χ2n) is 5.80. The third-order valence-electron chi connectivity index (χ3n) is 4.73. The first-order valence-electron chi connectivity index (χ1n) is 7.57. The SMILES string of the molecule is CCC1(C(=O)O)CCN(C(=O)N2CCCNCC2)CC1. The first-order chi connectivity index (χ1) is 9.59. The van der Waals surface area contributed by atoms with Gasteiger partial charge in [0.05, 0.1) is 5.41 Å². The van der Waals surface area contributed by atoms with Gasteiger partial charge in [0, 0.05) is 32.7 Å². The van der Waals surface area contributed by atoms with E-state index in [1.165, 1.54) is 0 Å². The zero-order chi connectivity index (χ0) is 14.6. The molecule has 0 unspecified atom stereocenters.